The molecular weight excluding hydrogens is 238 g/mol. The van der Waals surface area contributed by atoms with Crippen LogP contribution in [-0.2, 0) is 16.3 Å². The smallest absolute Gasteiger partial charge is 0.178 e. The zero-order valence-corrected chi connectivity index (χ0v) is 10.4. The summed E-state index contributed by atoms with van der Waals surface area (Å²) in [7, 11) is -3.09. The number of aliphatic hydroxyl groups is 1. The van der Waals surface area contributed by atoms with Gasteiger partial charge in [-0.2, -0.15) is 0 Å². The molecule has 1 atom stereocenters. The van der Waals surface area contributed by atoms with Crippen molar-refractivity contribution in [2.24, 2.45) is 5.73 Å². The average Bonchev–Trinajstić information content (AvgIpc) is 2.28. The maximum atomic E-state index is 11.8. The Morgan fingerprint density at radius 3 is 2.88 bits per heavy atom. The van der Waals surface area contributed by atoms with Crippen LogP contribution < -0.4 is 5.73 Å². The van der Waals surface area contributed by atoms with Gasteiger partial charge >= 0.3 is 0 Å². The number of fused-ring (bicyclic) bond motifs is 1. The van der Waals surface area contributed by atoms with Gasteiger partial charge in [0, 0.05) is 12.6 Å². The number of aryl methyl sites for hydroxylation is 1. The van der Waals surface area contributed by atoms with Crippen molar-refractivity contribution >= 4 is 9.84 Å². The predicted molar refractivity (Wildman–Crippen MR) is 65.4 cm³/mol. The Morgan fingerprint density at radius 2 is 2.18 bits per heavy atom. The summed E-state index contributed by atoms with van der Waals surface area (Å²) in [5, 5.41) is 8.84. The van der Waals surface area contributed by atoms with Crippen LogP contribution in [0.1, 0.15) is 30.0 Å². The van der Waals surface area contributed by atoms with E-state index >= 15 is 0 Å². The second-order valence-electron chi connectivity index (χ2n) is 4.41. The molecule has 3 N–H and O–H groups in total. The normalized spacial score (nSPS) is 19.6. The van der Waals surface area contributed by atoms with Gasteiger partial charge in [-0.05, 0) is 36.5 Å². The largest absolute Gasteiger partial charge is 0.396 e. The Balaban J connectivity index is 2.38. The molecule has 0 fully saturated rings. The van der Waals surface area contributed by atoms with Crippen LogP contribution in [0.4, 0.5) is 0 Å². The van der Waals surface area contributed by atoms with E-state index in [9.17, 15) is 8.42 Å². The van der Waals surface area contributed by atoms with Gasteiger partial charge in [-0.15, -0.1) is 0 Å². The summed E-state index contributed by atoms with van der Waals surface area (Å²) in [4.78, 5) is 0.448. The molecule has 1 aliphatic heterocycles. The molecule has 1 aromatic rings. The first-order valence-corrected chi connectivity index (χ1v) is 7.42. The van der Waals surface area contributed by atoms with Crippen LogP contribution >= 0.6 is 0 Å². The fraction of sp³-hybridized carbons (Fsp3) is 0.500. The molecule has 0 saturated heterocycles. The minimum Gasteiger partial charge on any atom is -0.396 e. The third-order valence-corrected chi connectivity index (χ3v) is 5.04. The molecule has 1 aliphatic rings. The Hall–Kier alpha value is -0.910. The quantitative estimate of drug-likeness (QED) is 0.836. The van der Waals surface area contributed by atoms with Crippen LogP contribution in [0, 0.1) is 0 Å². The van der Waals surface area contributed by atoms with Crippen molar-refractivity contribution in [3.63, 3.8) is 0 Å². The van der Waals surface area contributed by atoms with Crippen molar-refractivity contribution in [3.8, 4) is 0 Å². The Bertz CT molecular complexity index is 510. The topological polar surface area (TPSA) is 80.4 Å². The van der Waals surface area contributed by atoms with Gasteiger partial charge in [-0.25, -0.2) is 8.42 Å². The van der Waals surface area contributed by atoms with Crippen molar-refractivity contribution < 1.29 is 13.5 Å². The molecule has 0 aliphatic carbocycles. The van der Waals surface area contributed by atoms with Crippen molar-refractivity contribution in [3.05, 3.63) is 29.3 Å². The highest BCUT2D eigenvalue weighted by molar-refractivity contribution is 7.91. The van der Waals surface area contributed by atoms with Gasteiger partial charge in [0.15, 0.2) is 9.84 Å². The zero-order valence-electron chi connectivity index (χ0n) is 9.59. The molecule has 2 rings (SSSR count). The minimum atomic E-state index is -3.09. The molecule has 1 heterocycles. The van der Waals surface area contributed by atoms with Gasteiger partial charge in [0.2, 0.25) is 0 Å². The van der Waals surface area contributed by atoms with E-state index in [1.807, 2.05) is 6.07 Å². The maximum Gasteiger partial charge on any atom is 0.178 e. The van der Waals surface area contributed by atoms with Crippen molar-refractivity contribution in [2.75, 3.05) is 12.4 Å². The van der Waals surface area contributed by atoms with E-state index < -0.39 is 9.84 Å². The Kier molecular flexibility index (Phi) is 3.51. The average molecular weight is 255 g/mol. The van der Waals surface area contributed by atoms with Gasteiger partial charge in [-0.1, -0.05) is 12.1 Å². The van der Waals surface area contributed by atoms with E-state index in [0.717, 1.165) is 17.5 Å². The second-order valence-corrected chi connectivity index (χ2v) is 6.49. The highest BCUT2D eigenvalue weighted by Gasteiger charge is 2.23. The first kappa shape index (κ1) is 12.5. The first-order valence-electron chi connectivity index (χ1n) is 5.76. The molecule has 17 heavy (non-hydrogen) atoms. The van der Waals surface area contributed by atoms with E-state index in [2.05, 4.69) is 0 Å². The van der Waals surface area contributed by atoms with Crippen LogP contribution in [0.15, 0.2) is 23.1 Å². The van der Waals surface area contributed by atoms with E-state index in [-0.39, 0.29) is 18.4 Å². The monoisotopic (exact) mass is 255 g/mol. The van der Waals surface area contributed by atoms with E-state index in [4.69, 9.17) is 10.8 Å². The third-order valence-electron chi connectivity index (χ3n) is 3.15. The molecule has 0 bridgehead atoms. The standard InChI is InChI=1S/C12H17NO3S/c13-11(5-6-14)9-3-4-12-10(8-9)2-1-7-17(12,15)16/h3-4,8,11,14H,1-2,5-7,13H2. The van der Waals surface area contributed by atoms with Crippen LogP contribution in [-0.4, -0.2) is 25.9 Å². The van der Waals surface area contributed by atoms with Gasteiger partial charge in [0.1, 0.15) is 0 Å². The van der Waals surface area contributed by atoms with E-state index in [0.29, 0.717) is 17.7 Å². The number of benzene rings is 1. The highest BCUT2D eigenvalue weighted by Crippen LogP contribution is 2.27. The molecule has 4 nitrogen and oxygen atoms in total. The SMILES string of the molecule is NC(CCO)c1ccc2c(c1)CCCS2(=O)=O. The lowest BCUT2D eigenvalue weighted by Gasteiger charge is -2.19. The highest BCUT2D eigenvalue weighted by atomic mass is 32.2. The number of rotatable bonds is 3. The molecule has 1 aromatic carbocycles. The Labute approximate surface area is 101 Å². The summed E-state index contributed by atoms with van der Waals surface area (Å²) < 4.78 is 23.6. The van der Waals surface area contributed by atoms with Gasteiger partial charge in [-0.3, -0.25) is 0 Å². The van der Waals surface area contributed by atoms with Gasteiger partial charge in [0.05, 0.1) is 10.6 Å². The third kappa shape index (κ3) is 2.51. The van der Waals surface area contributed by atoms with Crippen LogP contribution in [0.25, 0.3) is 0 Å². The second kappa shape index (κ2) is 4.76. The van der Waals surface area contributed by atoms with Crippen LogP contribution in [0.3, 0.4) is 0 Å². The molecule has 94 valence electrons. The summed E-state index contributed by atoms with van der Waals surface area (Å²) in [5.74, 6) is 0.238. The summed E-state index contributed by atoms with van der Waals surface area (Å²) in [5.41, 5.74) is 7.66. The first-order chi connectivity index (χ1) is 8.04. The molecule has 0 radical (unpaired) electrons. The number of aliphatic hydroxyl groups excluding tert-OH is 1. The lowest BCUT2D eigenvalue weighted by Crippen LogP contribution is -2.18. The molecule has 0 spiro atoms. The van der Waals surface area contributed by atoms with Gasteiger partial charge in [0.25, 0.3) is 0 Å². The molecule has 1 unspecified atom stereocenters. The minimum absolute atomic E-state index is 0.0382. The lowest BCUT2D eigenvalue weighted by molar-refractivity contribution is 0.276. The predicted octanol–water partition coefficient (Wildman–Crippen LogP) is 0.789. The van der Waals surface area contributed by atoms with Gasteiger partial charge < -0.3 is 10.8 Å². The lowest BCUT2D eigenvalue weighted by atomic mass is 10.00. The fourth-order valence-corrected chi connectivity index (χ4v) is 3.78. The molecule has 0 aromatic heterocycles. The molecular formula is C12H17NO3S. The number of hydrogen-bond acceptors (Lipinski definition) is 4. The number of sulfone groups is 1. The fourth-order valence-electron chi connectivity index (χ4n) is 2.20. The summed E-state index contributed by atoms with van der Waals surface area (Å²) >= 11 is 0. The van der Waals surface area contributed by atoms with Crippen molar-refractivity contribution in [2.45, 2.75) is 30.2 Å². The summed E-state index contributed by atoms with van der Waals surface area (Å²) in [6, 6.07) is 5.04. The molecule has 0 saturated carbocycles. The zero-order chi connectivity index (χ0) is 12.5. The number of hydrogen-bond donors (Lipinski definition) is 2. The van der Waals surface area contributed by atoms with E-state index in [1.165, 1.54) is 0 Å². The maximum absolute atomic E-state index is 11.8. The van der Waals surface area contributed by atoms with Crippen LogP contribution in [0.5, 0.6) is 0 Å². The van der Waals surface area contributed by atoms with Crippen molar-refractivity contribution in [1.82, 2.24) is 0 Å². The molecule has 5 heteroatoms. The molecule has 0 amide bonds. The summed E-state index contributed by atoms with van der Waals surface area (Å²) in [6.07, 6.45) is 1.95. The number of nitrogens with two attached hydrogens (primary N) is 1. The van der Waals surface area contributed by atoms with Crippen molar-refractivity contribution in [1.29, 1.82) is 0 Å². The Morgan fingerprint density at radius 1 is 1.41 bits per heavy atom. The van der Waals surface area contributed by atoms with E-state index in [1.54, 1.807) is 12.1 Å². The van der Waals surface area contributed by atoms with Crippen LogP contribution in [0.2, 0.25) is 0 Å². The summed E-state index contributed by atoms with van der Waals surface area (Å²) in [6.45, 7) is 0.0382.